The lowest BCUT2D eigenvalue weighted by molar-refractivity contribution is -0.138. The molecule has 1 atom stereocenters. The maximum Gasteiger partial charge on any atom is 0.320 e. The molecule has 1 aromatic rings. The fourth-order valence-corrected chi connectivity index (χ4v) is 1.99. The lowest BCUT2D eigenvalue weighted by Gasteiger charge is -2.08. The molecule has 4 N–H and O–H groups in total. The molecule has 17 heavy (non-hydrogen) atoms. The van der Waals surface area contributed by atoms with Gasteiger partial charge in [0.1, 0.15) is 11.8 Å². The Kier molecular flexibility index (Phi) is 3.14. The minimum atomic E-state index is -1.07. The van der Waals surface area contributed by atoms with Crippen LogP contribution in [0.5, 0.6) is 0 Å². The Morgan fingerprint density at radius 1 is 1.65 bits per heavy atom. The van der Waals surface area contributed by atoms with Crippen molar-refractivity contribution in [3.63, 3.8) is 0 Å². The van der Waals surface area contributed by atoms with Crippen LogP contribution < -0.4 is 11.3 Å². The Hall–Kier alpha value is -1.82. The monoisotopic (exact) mass is 238 g/mol. The fraction of sp³-hybridized carbons (Fsp3) is 0.455. The van der Waals surface area contributed by atoms with Crippen molar-refractivity contribution in [3.05, 3.63) is 27.8 Å². The summed E-state index contributed by atoms with van der Waals surface area (Å²) in [6, 6.07) is -0.999. The number of aromatic nitrogens is 1. The predicted octanol–water partition coefficient (Wildman–Crippen LogP) is 0.490. The summed E-state index contributed by atoms with van der Waals surface area (Å²) in [4.78, 5) is 22.3. The molecule has 0 radical (unpaired) electrons. The summed E-state index contributed by atoms with van der Waals surface area (Å²) in [7, 11) is 0. The molecule has 0 amide bonds. The van der Waals surface area contributed by atoms with Gasteiger partial charge in [-0.1, -0.05) is 6.08 Å². The number of aromatic amines is 1. The number of aliphatic carboxylic acids is 1. The van der Waals surface area contributed by atoms with Gasteiger partial charge in [-0.05, 0) is 24.8 Å². The van der Waals surface area contributed by atoms with Crippen molar-refractivity contribution in [1.82, 2.24) is 5.16 Å². The van der Waals surface area contributed by atoms with E-state index >= 15 is 0 Å². The molecule has 6 heteroatoms. The minimum Gasteiger partial charge on any atom is -0.480 e. The van der Waals surface area contributed by atoms with Crippen molar-refractivity contribution in [2.75, 3.05) is 0 Å². The quantitative estimate of drug-likeness (QED) is 0.710. The molecule has 1 heterocycles. The summed E-state index contributed by atoms with van der Waals surface area (Å²) in [5.74, 6) is -0.479. The third-order valence-electron chi connectivity index (χ3n) is 2.85. The fourth-order valence-electron chi connectivity index (χ4n) is 1.99. The number of H-pyrrole nitrogens is 1. The summed E-state index contributed by atoms with van der Waals surface area (Å²) in [5, 5.41) is 11.1. The molecule has 0 fully saturated rings. The van der Waals surface area contributed by atoms with E-state index in [0.717, 1.165) is 12.8 Å². The lowest BCUT2D eigenvalue weighted by Crippen LogP contribution is -2.30. The molecular weight excluding hydrogens is 224 g/mol. The average molecular weight is 238 g/mol. The minimum absolute atomic E-state index is 0.144. The van der Waals surface area contributed by atoms with E-state index in [2.05, 4.69) is 5.16 Å². The number of rotatable bonds is 3. The van der Waals surface area contributed by atoms with E-state index < -0.39 is 12.0 Å². The molecule has 0 unspecified atom stereocenters. The highest BCUT2D eigenvalue weighted by Gasteiger charge is 2.23. The van der Waals surface area contributed by atoms with Gasteiger partial charge in [0.15, 0.2) is 0 Å². The molecule has 1 aliphatic carbocycles. The number of carboxylic acids is 1. The van der Waals surface area contributed by atoms with Crippen molar-refractivity contribution < 1.29 is 14.4 Å². The van der Waals surface area contributed by atoms with Gasteiger partial charge in [0.05, 0.1) is 5.56 Å². The van der Waals surface area contributed by atoms with Gasteiger partial charge in [-0.3, -0.25) is 9.59 Å². The number of carboxylic acid groups (broad SMARTS) is 1. The summed E-state index contributed by atoms with van der Waals surface area (Å²) in [6.45, 7) is 0. The highest BCUT2D eigenvalue weighted by atomic mass is 16.5. The molecule has 6 nitrogen and oxygen atoms in total. The zero-order valence-electron chi connectivity index (χ0n) is 9.23. The highest BCUT2D eigenvalue weighted by molar-refractivity contribution is 5.78. The Morgan fingerprint density at radius 2 is 2.41 bits per heavy atom. The van der Waals surface area contributed by atoms with E-state index in [0.29, 0.717) is 23.3 Å². The van der Waals surface area contributed by atoms with E-state index in [1.54, 1.807) is 0 Å². The molecule has 92 valence electrons. The van der Waals surface area contributed by atoms with Gasteiger partial charge >= 0.3 is 5.97 Å². The van der Waals surface area contributed by atoms with Crippen molar-refractivity contribution in [2.24, 2.45) is 5.73 Å². The zero-order chi connectivity index (χ0) is 12.4. The predicted molar refractivity (Wildman–Crippen MR) is 60.5 cm³/mol. The second-order valence-corrected chi connectivity index (χ2v) is 4.10. The van der Waals surface area contributed by atoms with Gasteiger partial charge in [0.25, 0.3) is 5.56 Å². The van der Waals surface area contributed by atoms with Gasteiger partial charge in [0.2, 0.25) is 0 Å². The van der Waals surface area contributed by atoms with Crippen LogP contribution in [0.4, 0.5) is 0 Å². The van der Waals surface area contributed by atoms with Crippen LogP contribution in [0.1, 0.15) is 30.6 Å². The first-order valence-electron chi connectivity index (χ1n) is 5.47. The SMILES string of the molecule is N[C@H](CC1=CCCCc2o[nH]c(=O)c21)C(=O)O. The summed E-state index contributed by atoms with van der Waals surface area (Å²) < 4.78 is 5.07. The Balaban J connectivity index is 2.33. The van der Waals surface area contributed by atoms with Crippen molar-refractivity contribution in [2.45, 2.75) is 31.7 Å². The highest BCUT2D eigenvalue weighted by Crippen LogP contribution is 2.25. The van der Waals surface area contributed by atoms with Gasteiger partial charge in [-0.15, -0.1) is 0 Å². The molecule has 0 aliphatic heterocycles. The number of hydrogen-bond donors (Lipinski definition) is 3. The molecule has 0 spiro atoms. The lowest BCUT2D eigenvalue weighted by atomic mass is 9.99. The second kappa shape index (κ2) is 4.58. The number of nitrogens with one attached hydrogen (secondary N) is 1. The van der Waals surface area contributed by atoms with Crippen LogP contribution in [-0.2, 0) is 11.2 Å². The van der Waals surface area contributed by atoms with Gasteiger partial charge < -0.3 is 15.4 Å². The van der Waals surface area contributed by atoms with Crippen LogP contribution in [0.15, 0.2) is 15.4 Å². The van der Waals surface area contributed by atoms with Crippen molar-refractivity contribution in [3.8, 4) is 0 Å². The van der Waals surface area contributed by atoms with Gasteiger partial charge in [-0.25, -0.2) is 0 Å². The second-order valence-electron chi connectivity index (χ2n) is 4.10. The molecule has 1 aliphatic rings. The summed E-state index contributed by atoms with van der Waals surface area (Å²) in [6.07, 6.45) is 4.37. The number of allylic oxidation sites excluding steroid dienone is 1. The average Bonchev–Trinajstić information content (AvgIpc) is 2.53. The maximum absolute atomic E-state index is 11.6. The molecule has 0 bridgehead atoms. The summed E-state index contributed by atoms with van der Waals surface area (Å²) in [5.41, 5.74) is 6.30. The van der Waals surface area contributed by atoms with E-state index in [1.165, 1.54) is 0 Å². The van der Waals surface area contributed by atoms with Crippen LogP contribution in [0.3, 0.4) is 0 Å². The largest absolute Gasteiger partial charge is 0.480 e. The Bertz CT molecular complexity index is 512. The Morgan fingerprint density at radius 3 is 3.12 bits per heavy atom. The molecule has 0 aromatic carbocycles. The van der Waals surface area contributed by atoms with Gasteiger partial charge in [-0.2, -0.15) is 5.16 Å². The van der Waals surface area contributed by atoms with Gasteiger partial charge in [0, 0.05) is 6.42 Å². The standard InChI is InChI=1S/C11H14N2O4/c12-7(11(15)16)5-6-3-1-2-4-8-9(6)10(14)13-17-8/h3,7H,1-2,4-5,12H2,(H,13,14)(H,15,16)/t7-/m1/s1. The first-order valence-corrected chi connectivity index (χ1v) is 5.47. The molecule has 1 aromatic heterocycles. The van der Waals surface area contributed by atoms with Crippen LogP contribution in [0.25, 0.3) is 5.57 Å². The maximum atomic E-state index is 11.6. The molecular formula is C11H14N2O4. The van der Waals surface area contributed by atoms with E-state index in [-0.39, 0.29) is 12.0 Å². The zero-order valence-corrected chi connectivity index (χ0v) is 9.23. The Labute approximate surface area is 97.1 Å². The van der Waals surface area contributed by atoms with E-state index in [4.69, 9.17) is 15.4 Å². The molecule has 2 rings (SSSR count). The van der Waals surface area contributed by atoms with E-state index in [9.17, 15) is 9.59 Å². The molecule has 0 saturated heterocycles. The van der Waals surface area contributed by atoms with Crippen LogP contribution in [-0.4, -0.2) is 22.3 Å². The molecule has 0 saturated carbocycles. The normalized spacial score (nSPS) is 16.9. The van der Waals surface area contributed by atoms with Crippen LogP contribution in [0, 0.1) is 0 Å². The number of hydrogen-bond acceptors (Lipinski definition) is 4. The smallest absolute Gasteiger partial charge is 0.320 e. The first kappa shape index (κ1) is 11.7. The van der Waals surface area contributed by atoms with Crippen molar-refractivity contribution >= 4 is 11.5 Å². The van der Waals surface area contributed by atoms with E-state index in [1.807, 2.05) is 6.08 Å². The number of aryl methyl sites for hydroxylation is 1. The van der Waals surface area contributed by atoms with Crippen molar-refractivity contribution in [1.29, 1.82) is 0 Å². The topological polar surface area (TPSA) is 109 Å². The summed E-state index contributed by atoms with van der Waals surface area (Å²) >= 11 is 0. The number of nitrogens with two attached hydrogens (primary N) is 1. The third kappa shape index (κ3) is 2.31. The number of fused-ring (bicyclic) bond motifs is 1. The number of carbonyl (C=O) groups is 1. The van der Waals surface area contributed by atoms with Crippen LogP contribution in [0.2, 0.25) is 0 Å². The third-order valence-corrected chi connectivity index (χ3v) is 2.85. The first-order chi connectivity index (χ1) is 8.09. The van der Waals surface area contributed by atoms with Crippen LogP contribution >= 0.6 is 0 Å².